The number of nitrogens with one attached hydrogen (secondary N) is 1. The Balaban J connectivity index is 0.00000242. The van der Waals surface area contributed by atoms with E-state index in [1.165, 1.54) is 12.1 Å². The van der Waals surface area contributed by atoms with Gasteiger partial charge in [0.05, 0.1) is 12.1 Å². The first kappa shape index (κ1) is 19.1. The van der Waals surface area contributed by atoms with Gasteiger partial charge in [-0.05, 0) is 37.5 Å². The van der Waals surface area contributed by atoms with Crippen LogP contribution in [0.3, 0.4) is 0 Å². The molecule has 1 N–H and O–H groups in total. The van der Waals surface area contributed by atoms with Gasteiger partial charge < -0.3 is 10.2 Å². The molecule has 22 heavy (non-hydrogen) atoms. The van der Waals surface area contributed by atoms with Gasteiger partial charge in [0.2, 0.25) is 0 Å². The molecule has 7 heteroatoms. The molecular weight excluding hydrogens is 406 g/mol. The lowest BCUT2D eigenvalue weighted by Gasteiger charge is -2.20. The van der Waals surface area contributed by atoms with Gasteiger partial charge in [-0.3, -0.25) is 0 Å². The van der Waals surface area contributed by atoms with Crippen LogP contribution in [-0.2, 0) is 12.7 Å². The second-order valence-corrected chi connectivity index (χ2v) is 5.06. The predicted molar refractivity (Wildman–Crippen MR) is 92.5 cm³/mol. The van der Waals surface area contributed by atoms with Crippen molar-refractivity contribution in [2.24, 2.45) is 4.99 Å². The Bertz CT molecular complexity index is 480. The zero-order valence-corrected chi connectivity index (χ0v) is 14.8. The van der Waals surface area contributed by atoms with E-state index < -0.39 is 11.7 Å². The van der Waals surface area contributed by atoms with Gasteiger partial charge in [-0.2, -0.15) is 13.2 Å². The monoisotopic (exact) mass is 427 g/mol. The second-order valence-electron chi connectivity index (χ2n) is 5.06. The number of halogens is 4. The average Bonchev–Trinajstić information content (AvgIpc) is 2.97. The zero-order valence-electron chi connectivity index (χ0n) is 12.5. The number of hydrogen-bond donors (Lipinski definition) is 1. The highest BCUT2D eigenvalue weighted by atomic mass is 127. The van der Waals surface area contributed by atoms with Crippen LogP contribution in [0.2, 0.25) is 0 Å². The molecule has 0 radical (unpaired) electrons. The van der Waals surface area contributed by atoms with Gasteiger partial charge in [-0.15, -0.1) is 24.0 Å². The number of alkyl halides is 3. The minimum atomic E-state index is -4.29. The van der Waals surface area contributed by atoms with E-state index in [0.717, 1.165) is 56.1 Å². The molecule has 1 aliphatic rings. The van der Waals surface area contributed by atoms with Crippen molar-refractivity contribution in [2.45, 2.75) is 32.5 Å². The van der Waals surface area contributed by atoms with E-state index in [0.29, 0.717) is 6.54 Å². The van der Waals surface area contributed by atoms with Crippen LogP contribution in [0.15, 0.2) is 29.3 Å². The minimum absolute atomic E-state index is 0. The van der Waals surface area contributed by atoms with Gasteiger partial charge in [0.15, 0.2) is 5.96 Å². The first-order chi connectivity index (χ1) is 10.0. The van der Waals surface area contributed by atoms with Crippen LogP contribution in [0.4, 0.5) is 13.2 Å². The largest absolute Gasteiger partial charge is 0.416 e. The number of rotatable bonds is 3. The van der Waals surface area contributed by atoms with Crippen LogP contribution in [0.25, 0.3) is 0 Å². The summed E-state index contributed by atoms with van der Waals surface area (Å²) in [6.07, 6.45) is -1.97. The zero-order chi connectivity index (χ0) is 15.3. The summed E-state index contributed by atoms with van der Waals surface area (Å²) >= 11 is 0. The smallest absolute Gasteiger partial charge is 0.357 e. The van der Waals surface area contributed by atoms with Gasteiger partial charge >= 0.3 is 6.18 Å². The quantitative estimate of drug-likeness (QED) is 0.451. The Labute approximate surface area is 146 Å². The molecule has 0 aliphatic carbocycles. The van der Waals surface area contributed by atoms with Crippen LogP contribution < -0.4 is 5.32 Å². The Morgan fingerprint density at radius 1 is 1.18 bits per heavy atom. The molecule has 1 aliphatic heterocycles. The second kappa shape index (κ2) is 8.59. The highest BCUT2D eigenvalue weighted by Gasteiger charge is 2.29. The molecular formula is C15H21F3IN3. The summed E-state index contributed by atoms with van der Waals surface area (Å²) in [5.74, 6) is 0.842. The molecule has 1 aromatic rings. The number of guanidine groups is 1. The standard InChI is InChI=1S/C15H20F3N3.HI/c1-2-19-14(21-9-3-4-10-21)20-11-12-5-7-13(8-6-12)15(16,17)18;/h5-8H,2-4,9-11H2,1H3,(H,19,20);1H. The first-order valence-corrected chi connectivity index (χ1v) is 7.20. The molecule has 0 spiro atoms. The molecule has 0 bridgehead atoms. The summed E-state index contributed by atoms with van der Waals surface area (Å²) in [5, 5.41) is 3.23. The fraction of sp³-hybridized carbons (Fsp3) is 0.533. The molecule has 1 aromatic carbocycles. The molecule has 0 atom stereocenters. The van der Waals surface area contributed by atoms with Crippen molar-refractivity contribution in [2.75, 3.05) is 19.6 Å². The van der Waals surface area contributed by atoms with Crippen LogP contribution in [0, 0.1) is 0 Å². The van der Waals surface area contributed by atoms with E-state index in [4.69, 9.17) is 0 Å². The molecule has 3 nitrogen and oxygen atoms in total. The van der Waals surface area contributed by atoms with Crippen LogP contribution in [0.5, 0.6) is 0 Å². The average molecular weight is 427 g/mol. The van der Waals surface area contributed by atoms with Gasteiger partial charge in [0, 0.05) is 19.6 Å². The third-order valence-corrected chi connectivity index (χ3v) is 3.43. The number of aliphatic imine (C=N–C) groups is 1. The maximum Gasteiger partial charge on any atom is 0.416 e. The predicted octanol–water partition coefficient (Wildman–Crippen LogP) is 3.88. The van der Waals surface area contributed by atoms with Crippen molar-refractivity contribution in [1.82, 2.24) is 10.2 Å². The fourth-order valence-electron chi connectivity index (χ4n) is 2.32. The van der Waals surface area contributed by atoms with Crippen molar-refractivity contribution in [3.05, 3.63) is 35.4 Å². The summed E-state index contributed by atoms with van der Waals surface area (Å²) in [6.45, 7) is 5.14. The molecule has 1 saturated heterocycles. The summed E-state index contributed by atoms with van der Waals surface area (Å²) < 4.78 is 37.5. The van der Waals surface area contributed by atoms with Crippen LogP contribution >= 0.6 is 24.0 Å². The highest BCUT2D eigenvalue weighted by molar-refractivity contribution is 14.0. The maximum absolute atomic E-state index is 12.5. The summed E-state index contributed by atoms with van der Waals surface area (Å²) in [7, 11) is 0. The number of benzene rings is 1. The van der Waals surface area contributed by atoms with Crippen LogP contribution in [0.1, 0.15) is 30.9 Å². The van der Waals surface area contributed by atoms with E-state index in [1.807, 2.05) is 6.92 Å². The SMILES string of the molecule is CCNC(=NCc1ccc(C(F)(F)F)cc1)N1CCCC1.I. The van der Waals surface area contributed by atoms with E-state index in [2.05, 4.69) is 15.2 Å². The van der Waals surface area contributed by atoms with E-state index in [-0.39, 0.29) is 24.0 Å². The lowest BCUT2D eigenvalue weighted by atomic mass is 10.1. The summed E-state index contributed by atoms with van der Waals surface area (Å²) in [5.41, 5.74) is 0.152. The molecule has 2 rings (SSSR count). The number of nitrogens with zero attached hydrogens (tertiary/aromatic N) is 2. The van der Waals surface area contributed by atoms with Crippen molar-refractivity contribution in [3.63, 3.8) is 0 Å². The van der Waals surface area contributed by atoms with Crippen molar-refractivity contribution < 1.29 is 13.2 Å². The first-order valence-electron chi connectivity index (χ1n) is 7.20. The van der Waals surface area contributed by atoms with Gasteiger partial charge in [0.1, 0.15) is 0 Å². The van der Waals surface area contributed by atoms with Gasteiger partial charge in [-0.1, -0.05) is 12.1 Å². The lowest BCUT2D eigenvalue weighted by molar-refractivity contribution is -0.137. The highest BCUT2D eigenvalue weighted by Crippen LogP contribution is 2.29. The molecule has 0 unspecified atom stereocenters. The minimum Gasteiger partial charge on any atom is -0.357 e. The normalized spacial score (nSPS) is 15.6. The van der Waals surface area contributed by atoms with E-state index in [1.54, 1.807) is 0 Å². The van der Waals surface area contributed by atoms with Crippen LogP contribution in [-0.4, -0.2) is 30.5 Å². The molecule has 0 saturated carbocycles. The van der Waals surface area contributed by atoms with E-state index >= 15 is 0 Å². The Morgan fingerprint density at radius 3 is 2.27 bits per heavy atom. The number of hydrogen-bond acceptors (Lipinski definition) is 1. The third kappa shape index (κ3) is 5.33. The molecule has 1 fully saturated rings. The number of likely N-dealkylation sites (tertiary alicyclic amines) is 1. The van der Waals surface area contributed by atoms with Gasteiger partial charge in [-0.25, -0.2) is 4.99 Å². The third-order valence-electron chi connectivity index (χ3n) is 3.43. The lowest BCUT2D eigenvalue weighted by Crippen LogP contribution is -2.39. The maximum atomic E-state index is 12.5. The molecule has 0 aromatic heterocycles. The molecule has 124 valence electrons. The van der Waals surface area contributed by atoms with Gasteiger partial charge in [0.25, 0.3) is 0 Å². The summed E-state index contributed by atoms with van der Waals surface area (Å²) in [6, 6.07) is 5.18. The van der Waals surface area contributed by atoms with Crippen molar-refractivity contribution in [1.29, 1.82) is 0 Å². The molecule has 0 amide bonds. The molecule has 1 heterocycles. The Morgan fingerprint density at radius 2 is 1.77 bits per heavy atom. The van der Waals surface area contributed by atoms with Crippen molar-refractivity contribution >= 4 is 29.9 Å². The topological polar surface area (TPSA) is 27.6 Å². The Hall–Kier alpha value is -0.990. The fourth-order valence-corrected chi connectivity index (χ4v) is 2.32. The summed E-state index contributed by atoms with van der Waals surface area (Å²) in [4.78, 5) is 6.70. The Kier molecular flexibility index (Phi) is 7.44. The van der Waals surface area contributed by atoms with Crippen molar-refractivity contribution in [3.8, 4) is 0 Å². The van der Waals surface area contributed by atoms with E-state index in [9.17, 15) is 13.2 Å².